The van der Waals surface area contributed by atoms with Crippen LogP contribution < -0.4 is 14.8 Å². The number of ether oxygens (including phenoxy) is 2. The third-order valence-electron chi connectivity index (χ3n) is 4.51. The van der Waals surface area contributed by atoms with Crippen molar-refractivity contribution in [2.45, 2.75) is 0 Å². The van der Waals surface area contributed by atoms with Gasteiger partial charge >= 0.3 is 0 Å². The van der Waals surface area contributed by atoms with Crippen LogP contribution in [0.15, 0.2) is 93.8 Å². The Hall–Kier alpha value is -4.81. The van der Waals surface area contributed by atoms with Gasteiger partial charge in [0.2, 0.25) is 0 Å². The predicted octanol–water partition coefficient (Wildman–Crippen LogP) is 4.71. The monoisotopic (exact) mass is 432 g/mol. The Morgan fingerprint density at radius 2 is 1.36 bits per heavy atom. The summed E-state index contributed by atoms with van der Waals surface area (Å²) < 4.78 is 10.8. The van der Waals surface area contributed by atoms with E-state index >= 15 is 0 Å². The lowest BCUT2D eigenvalue weighted by atomic mass is 10.2. The second-order valence-electron chi connectivity index (χ2n) is 6.83. The number of aliphatic imine (C=N–C) groups is 3. The zero-order valence-electron chi connectivity index (χ0n) is 17.7. The summed E-state index contributed by atoms with van der Waals surface area (Å²) in [5.74, 6) is 7.85. The summed E-state index contributed by atoms with van der Waals surface area (Å²) in [6.07, 6.45) is 10.5. The van der Waals surface area contributed by atoms with E-state index in [1.165, 1.54) is 0 Å². The van der Waals surface area contributed by atoms with Gasteiger partial charge in [0, 0.05) is 11.3 Å². The first-order chi connectivity index (χ1) is 16.2. The number of rotatable bonds is 7. The van der Waals surface area contributed by atoms with Crippen LogP contribution in [-0.4, -0.2) is 30.7 Å². The SMILES string of the molecule is C#CCOc1ccc(N=C2N=C(c3ccccc3)N=C2Nc2ccc(OCC#C)cc2)cc1. The molecule has 4 rings (SSSR count). The average Bonchev–Trinajstić information content (AvgIpc) is 3.26. The van der Waals surface area contributed by atoms with Crippen molar-refractivity contribution in [3.05, 3.63) is 84.4 Å². The average molecular weight is 432 g/mol. The molecule has 1 aliphatic rings. The maximum Gasteiger partial charge on any atom is 0.198 e. The van der Waals surface area contributed by atoms with Crippen molar-refractivity contribution in [3.63, 3.8) is 0 Å². The molecule has 0 saturated carbocycles. The zero-order valence-corrected chi connectivity index (χ0v) is 17.7. The van der Waals surface area contributed by atoms with E-state index in [0.29, 0.717) is 34.7 Å². The molecule has 0 aromatic heterocycles. The fraction of sp³-hybridized carbons (Fsp3) is 0.0741. The van der Waals surface area contributed by atoms with Gasteiger partial charge in [-0.1, -0.05) is 42.2 Å². The molecule has 0 radical (unpaired) electrons. The van der Waals surface area contributed by atoms with Crippen LogP contribution in [0.3, 0.4) is 0 Å². The van der Waals surface area contributed by atoms with Crippen LogP contribution in [0.1, 0.15) is 5.56 Å². The maximum atomic E-state index is 5.43. The smallest absolute Gasteiger partial charge is 0.198 e. The highest BCUT2D eigenvalue weighted by Gasteiger charge is 2.20. The number of amidine groups is 3. The van der Waals surface area contributed by atoms with Crippen molar-refractivity contribution in [1.29, 1.82) is 0 Å². The van der Waals surface area contributed by atoms with E-state index in [4.69, 9.17) is 22.3 Å². The summed E-state index contributed by atoms with van der Waals surface area (Å²) >= 11 is 0. The van der Waals surface area contributed by atoms with E-state index in [-0.39, 0.29) is 13.2 Å². The van der Waals surface area contributed by atoms with Crippen LogP contribution in [0.25, 0.3) is 0 Å². The van der Waals surface area contributed by atoms with Crippen LogP contribution in [-0.2, 0) is 0 Å². The van der Waals surface area contributed by atoms with Crippen LogP contribution in [0.4, 0.5) is 11.4 Å². The Balaban J connectivity index is 1.59. The zero-order chi connectivity index (χ0) is 22.9. The number of hydrogen-bond donors (Lipinski definition) is 1. The number of benzene rings is 3. The summed E-state index contributed by atoms with van der Waals surface area (Å²) in [4.78, 5) is 14.0. The predicted molar refractivity (Wildman–Crippen MR) is 133 cm³/mol. The minimum atomic E-state index is 0.214. The third-order valence-corrected chi connectivity index (χ3v) is 4.51. The highest BCUT2D eigenvalue weighted by Crippen LogP contribution is 2.22. The molecule has 3 aromatic carbocycles. The lowest BCUT2D eigenvalue weighted by Gasteiger charge is -2.08. The molecule has 0 bridgehead atoms. The van der Waals surface area contributed by atoms with E-state index in [9.17, 15) is 0 Å². The van der Waals surface area contributed by atoms with Gasteiger partial charge in [-0.3, -0.25) is 0 Å². The molecule has 1 heterocycles. The molecule has 6 nitrogen and oxygen atoms in total. The third kappa shape index (κ3) is 5.66. The molecule has 1 N–H and O–H groups in total. The molecule has 0 aliphatic carbocycles. The molecular formula is C27H20N4O2. The van der Waals surface area contributed by atoms with Gasteiger partial charge < -0.3 is 14.8 Å². The number of hydrogen-bond acceptors (Lipinski definition) is 5. The molecule has 0 atom stereocenters. The molecule has 0 spiro atoms. The van der Waals surface area contributed by atoms with Crippen molar-refractivity contribution >= 4 is 28.9 Å². The molecule has 1 aliphatic heterocycles. The van der Waals surface area contributed by atoms with E-state index in [0.717, 1.165) is 11.3 Å². The van der Waals surface area contributed by atoms with E-state index in [2.05, 4.69) is 32.1 Å². The fourth-order valence-electron chi connectivity index (χ4n) is 2.97. The molecule has 160 valence electrons. The molecule has 0 amide bonds. The molecule has 0 fully saturated rings. The van der Waals surface area contributed by atoms with Crippen molar-refractivity contribution in [1.82, 2.24) is 0 Å². The lowest BCUT2D eigenvalue weighted by Crippen LogP contribution is -2.18. The largest absolute Gasteiger partial charge is 0.481 e. The van der Waals surface area contributed by atoms with Crippen LogP contribution in [0.2, 0.25) is 0 Å². The van der Waals surface area contributed by atoms with Crippen molar-refractivity contribution in [2.24, 2.45) is 15.0 Å². The lowest BCUT2D eigenvalue weighted by molar-refractivity contribution is 0.370. The van der Waals surface area contributed by atoms with E-state index < -0.39 is 0 Å². The highest BCUT2D eigenvalue weighted by molar-refractivity contribution is 6.51. The molecule has 3 aromatic rings. The standard InChI is InChI=1S/C27H20N4O2/c1-3-18-32-23-14-10-21(11-15-23)28-26-27(31-25(30-26)20-8-6-5-7-9-20)29-22-12-16-24(17-13-22)33-19-4-2/h1-2,5-17H,18-19H2,(H,28,29,30,31). The molecule has 0 saturated heterocycles. The van der Waals surface area contributed by atoms with Gasteiger partial charge in [0.05, 0.1) is 5.69 Å². The highest BCUT2D eigenvalue weighted by atomic mass is 16.5. The van der Waals surface area contributed by atoms with Gasteiger partial charge in [0.25, 0.3) is 0 Å². The molecular weight excluding hydrogens is 412 g/mol. The quantitative estimate of drug-likeness (QED) is 0.550. The van der Waals surface area contributed by atoms with Crippen LogP contribution >= 0.6 is 0 Å². The Bertz CT molecular complexity index is 1280. The van der Waals surface area contributed by atoms with Gasteiger partial charge in [0.1, 0.15) is 24.7 Å². The molecule has 6 heteroatoms. The Morgan fingerprint density at radius 3 is 1.97 bits per heavy atom. The summed E-state index contributed by atoms with van der Waals surface area (Å²) in [5.41, 5.74) is 2.43. The summed E-state index contributed by atoms with van der Waals surface area (Å²) in [6, 6.07) is 24.5. The Kier molecular flexibility index (Phi) is 6.80. The summed E-state index contributed by atoms with van der Waals surface area (Å²) in [6.45, 7) is 0.434. The maximum absolute atomic E-state index is 5.43. The van der Waals surface area contributed by atoms with Crippen molar-refractivity contribution in [2.75, 3.05) is 18.5 Å². The van der Waals surface area contributed by atoms with Gasteiger partial charge in [-0.05, 0) is 48.5 Å². The number of terminal acetylenes is 2. The summed E-state index contributed by atoms with van der Waals surface area (Å²) in [5, 5.41) is 3.30. The Morgan fingerprint density at radius 1 is 0.758 bits per heavy atom. The molecule has 0 unspecified atom stereocenters. The van der Waals surface area contributed by atoms with E-state index in [1.54, 1.807) is 0 Å². The first kappa shape index (κ1) is 21.4. The molecule has 33 heavy (non-hydrogen) atoms. The second-order valence-corrected chi connectivity index (χ2v) is 6.83. The normalized spacial score (nSPS) is 13.5. The Labute approximate surface area is 192 Å². The van der Waals surface area contributed by atoms with E-state index in [1.807, 2.05) is 78.9 Å². The van der Waals surface area contributed by atoms with Gasteiger partial charge in [0.15, 0.2) is 17.5 Å². The van der Waals surface area contributed by atoms with Crippen LogP contribution in [0.5, 0.6) is 11.5 Å². The first-order valence-corrected chi connectivity index (χ1v) is 10.2. The van der Waals surface area contributed by atoms with Gasteiger partial charge in [-0.2, -0.15) is 0 Å². The van der Waals surface area contributed by atoms with Crippen LogP contribution in [0, 0.1) is 24.7 Å². The number of anilines is 1. The summed E-state index contributed by atoms with van der Waals surface area (Å²) in [7, 11) is 0. The van der Waals surface area contributed by atoms with Gasteiger partial charge in [-0.15, -0.1) is 12.8 Å². The minimum absolute atomic E-state index is 0.214. The fourth-order valence-corrected chi connectivity index (χ4v) is 2.97. The number of nitrogens with one attached hydrogen (secondary N) is 1. The second kappa shape index (κ2) is 10.5. The van der Waals surface area contributed by atoms with Crippen molar-refractivity contribution in [3.8, 4) is 36.2 Å². The number of nitrogens with zero attached hydrogens (tertiary/aromatic N) is 3. The van der Waals surface area contributed by atoms with Crippen molar-refractivity contribution < 1.29 is 9.47 Å². The first-order valence-electron chi connectivity index (χ1n) is 10.2. The topological polar surface area (TPSA) is 67.6 Å². The minimum Gasteiger partial charge on any atom is -0.481 e. The van der Waals surface area contributed by atoms with Gasteiger partial charge in [-0.25, -0.2) is 15.0 Å².